The van der Waals surface area contributed by atoms with Crippen LogP contribution >= 0.6 is 64.8 Å². The molecular formula is C30H51N3O9S6. The van der Waals surface area contributed by atoms with E-state index in [9.17, 15) is 28.8 Å². The molecule has 48 heavy (non-hydrogen) atoms. The first-order valence-corrected chi connectivity index (χ1v) is 23.5. The fourth-order valence-electron chi connectivity index (χ4n) is 4.02. The summed E-state index contributed by atoms with van der Waals surface area (Å²) >= 11 is 0. The Balaban J connectivity index is 2.85. The van der Waals surface area contributed by atoms with Crippen molar-refractivity contribution in [2.24, 2.45) is 0 Å². The molecule has 0 fully saturated rings. The first-order chi connectivity index (χ1) is 23.3. The standard InChI is InChI=1S/C30H51N3O9S6/c1-4-7-10-13-22-43-46-28(37)40-19-16-31-25(34)32(17-20-41-29(38)47-44-23-14-11-8-5-2)27(36)33(26(31)35)18-21-42-30(39)48-45-24-15-12-9-6-3/h4-24H2,1-3H3. The number of rotatable bonds is 27. The van der Waals surface area contributed by atoms with Crippen molar-refractivity contribution in [3.05, 3.63) is 31.5 Å². The Hall–Kier alpha value is -1.08. The van der Waals surface area contributed by atoms with Crippen molar-refractivity contribution in [1.29, 1.82) is 0 Å². The topological polar surface area (TPSA) is 145 Å². The van der Waals surface area contributed by atoms with E-state index in [1.54, 1.807) is 0 Å². The summed E-state index contributed by atoms with van der Waals surface area (Å²) in [5.41, 5.74) is -2.76. The molecule has 0 bridgehead atoms. The van der Waals surface area contributed by atoms with Gasteiger partial charge < -0.3 is 14.2 Å². The lowest BCUT2D eigenvalue weighted by Crippen LogP contribution is -2.55. The molecule has 0 unspecified atom stereocenters. The van der Waals surface area contributed by atoms with Crippen LogP contribution in [0.4, 0.5) is 14.4 Å². The molecular weight excluding hydrogens is 739 g/mol. The summed E-state index contributed by atoms with van der Waals surface area (Å²) in [7, 11) is 7.03. The Morgan fingerprint density at radius 3 is 0.979 bits per heavy atom. The quantitative estimate of drug-likeness (QED) is 0.0363. The van der Waals surface area contributed by atoms with Crippen molar-refractivity contribution < 1.29 is 28.6 Å². The fraction of sp³-hybridized carbons (Fsp3) is 0.800. The Morgan fingerprint density at radius 2 is 0.729 bits per heavy atom. The lowest BCUT2D eigenvalue weighted by atomic mass is 10.2. The van der Waals surface area contributed by atoms with Gasteiger partial charge in [0.2, 0.25) is 0 Å². The molecule has 12 nitrogen and oxygen atoms in total. The van der Waals surface area contributed by atoms with E-state index in [1.165, 1.54) is 32.4 Å². The molecule has 0 aliphatic rings. The van der Waals surface area contributed by atoms with Crippen LogP contribution < -0.4 is 17.1 Å². The van der Waals surface area contributed by atoms with Gasteiger partial charge in [0.15, 0.2) is 0 Å². The number of hydrogen-bond acceptors (Lipinski definition) is 15. The average molecular weight is 790 g/mol. The first-order valence-electron chi connectivity index (χ1n) is 16.6. The molecule has 1 heterocycles. The fourth-order valence-corrected chi connectivity index (χ4v) is 9.03. The third kappa shape index (κ3) is 20.6. The van der Waals surface area contributed by atoms with E-state index in [-0.39, 0.29) is 39.5 Å². The first kappa shape index (κ1) is 44.9. The highest BCUT2D eigenvalue weighted by atomic mass is 33.1. The highest BCUT2D eigenvalue weighted by Crippen LogP contribution is 2.26. The molecule has 0 amide bonds. The molecule has 0 saturated carbocycles. The van der Waals surface area contributed by atoms with E-state index in [0.717, 1.165) is 140 Å². The summed E-state index contributed by atoms with van der Waals surface area (Å²) in [6.45, 7) is 4.71. The van der Waals surface area contributed by atoms with E-state index in [2.05, 4.69) is 20.8 Å². The van der Waals surface area contributed by atoms with Gasteiger partial charge in [-0.15, -0.1) is 0 Å². The molecule has 1 aromatic heterocycles. The molecule has 276 valence electrons. The van der Waals surface area contributed by atoms with E-state index >= 15 is 0 Å². The van der Waals surface area contributed by atoms with Gasteiger partial charge >= 0.3 is 33.0 Å². The van der Waals surface area contributed by atoms with Crippen LogP contribution in [0.2, 0.25) is 0 Å². The van der Waals surface area contributed by atoms with Crippen molar-refractivity contribution in [3.8, 4) is 0 Å². The molecule has 0 aliphatic heterocycles. The summed E-state index contributed by atoms with van der Waals surface area (Å²) in [6.07, 6.45) is 13.1. The summed E-state index contributed by atoms with van der Waals surface area (Å²) < 4.78 is 18.0. The lowest BCUT2D eigenvalue weighted by molar-refractivity contribution is 0.162. The third-order valence-electron chi connectivity index (χ3n) is 6.61. The van der Waals surface area contributed by atoms with Gasteiger partial charge in [0, 0.05) is 49.6 Å². The molecule has 0 saturated heterocycles. The predicted octanol–water partition coefficient (Wildman–Crippen LogP) is 8.47. The second-order valence-corrected chi connectivity index (χ2v) is 17.5. The van der Waals surface area contributed by atoms with Gasteiger partial charge in [-0.05, 0) is 19.3 Å². The number of aromatic nitrogens is 3. The minimum atomic E-state index is -0.920. The zero-order valence-corrected chi connectivity index (χ0v) is 33.2. The second-order valence-electron chi connectivity index (χ2n) is 10.5. The summed E-state index contributed by atoms with van der Waals surface area (Å²) in [4.78, 5) is 76.2. The van der Waals surface area contributed by atoms with E-state index < -0.39 is 33.0 Å². The largest absolute Gasteiger partial charge is 0.455 e. The highest BCUT2D eigenvalue weighted by molar-refractivity contribution is 8.82. The monoisotopic (exact) mass is 789 g/mol. The summed E-state index contributed by atoms with van der Waals surface area (Å²) in [6, 6.07) is 0. The van der Waals surface area contributed by atoms with E-state index in [1.807, 2.05) is 0 Å². The number of nitrogens with zero attached hydrogens (tertiary/aromatic N) is 3. The molecule has 1 aromatic rings. The maximum absolute atomic E-state index is 13.2. The minimum Gasteiger partial charge on any atom is -0.455 e. The molecule has 0 atom stereocenters. The van der Waals surface area contributed by atoms with Crippen LogP contribution in [-0.4, -0.2) is 66.7 Å². The van der Waals surface area contributed by atoms with Crippen LogP contribution in [0.5, 0.6) is 0 Å². The molecule has 18 heteroatoms. The van der Waals surface area contributed by atoms with Crippen LogP contribution in [0.3, 0.4) is 0 Å². The van der Waals surface area contributed by atoms with Gasteiger partial charge in [0.05, 0.1) is 19.6 Å². The SMILES string of the molecule is CCCCCCSSC(=O)OCCn1c(=O)n(CCOC(=O)SSCCCCCC)c(=O)n(CCOC(=O)SSCCCCCC)c1=O. The lowest BCUT2D eigenvalue weighted by Gasteiger charge is -2.14. The van der Waals surface area contributed by atoms with Crippen LogP contribution in [-0.2, 0) is 33.8 Å². The molecule has 0 radical (unpaired) electrons. The van der Waals surface area contributed by atoms with Crippen LogP contribution in [0.1, 0.15) is 97.8 Å². The van der Waals surface area contributed by atoms with E-state index in [4.69, 9.17) is 14.2 Å². The Kier molecular flexibility index (Phi) is 27.7. The van der Waals surface area contributed by atoms with Crippen molar-refractivity contribution >= 4 is 80.7 Å². The van der Waals surface area contributed by atoms with Crippen molar-refractivity contribution in [2.45, 2.75) is 117 Å². The highest BCUT2D eigenvalue weighted by Gasteiger charge is 2.18. The molecule has 0 aliphatic carbocycles. The number of unbranched alkanes of at least 4 members (excludes halogenated alkanes) is 9. The summed E-state index contributed by atoms with van der Waals surface area (Å²) in [5, 5.41) is -1.63. The van der Waals surface area contributed by atoms with Crippen LogP contribution in [0, 0.1) is 0 Å². The van der Waals surface area contributed by atoms with Crippen molar-refractivity contribution in [1.82, 2.24) is 13.7 Å². The zero-order chi connectivity index (χ0) is 35.4. The van der Waals surface area contributed by atoms with Crippen LogP contribution in [0.25, 0.3) is 0 Å². The average Bonchev–Trinajstić information content (AvgIpc) is 3.07. The Labute approximate surface area is 307 Å². The maximum atomic E-state index is 13.2. The Morgan fingerprint density at radius 1 is 0.458 bits per heavy atom. The zero-order valence-electron chi connectivity index (χ0n) is 28.3. The van der Waals surface area contributed by atoms with Crippen LogP contribution in [0.15, 0.2) is 14.4 Å². The summed E-state index contributed by atoms with van der Waals surface area (Å²) in [5.74, 6) is 2.41. The normalized spacial score (nSPS) is 11.1. The van der Waals surface area contributed by atoms with Gasteiger partial charge in [-0.1, -0.05) is 111 Å². The van der Waals surface area contributed by atoms with Crippen molar-refractivity contribution in [3.63, 3.8) is 0 Å². The van der Waals surface area contributed by atoms with Crippen molar-refractivity contribution in [2.75, 3.05) is 37.1 Å². The number of ether oxygens (including phenoxy) is 3. The molecule has 0 spiro atoms. The number of carbonyl (C=O) groups excluding carboxylic acids is 3. The molecule has 0 N–H and O–H groups in total. The van der Waals surface area contributed by atoms with Gasteiger partial charge in [-0.25, -0.2) is 42.5 Å². The number of carbonyl (C=O) groups is 3. The van der Waals surface area contributed by atoms with E-state index in [0.29, 0.717) is 0 Å². The minimum absolute atomic E-state index is 0.266. The van der Waals surface area contributed by atoms with Gasteiger partial charge in [0.25, 0.3) is 0 Å². The molecule has 0 aromatic carbocycles. The second kappa shape index (κ2) is 29.6. The number of hydrogen-bond donors (Lipinski definition) is 0. The van der Waals surface area contributed by atoms with Gasteiger partial charge in [-0.2, -0.15) is 0 Å². The molecule has 1 rings (SSSR count). The van der Waals surface area contributed by atoms with Gasteiger partial charge in [0.1, 0.15) is 19.8 Å². The Bertz CT molecular complexity index is 1060. The predicted molar refractivity (Wildman–Crippen MR) is 206 cm³/mol. The maximum Gasteiger partial charge on any atom is 0.378 e. The van der Waals surface area contributed by atoms with Gasteiger partial charge in [-0.3, -0.25) is 0 Å². The third-order valence-corrected chi connectivity index (χ3v) is 12.9. The smallest absolute Gasteiger partial charge is 0.378 e.